The second-order valence-corrected chi connectivity index (χ2v) is 3.34. The minimum atomic E-state index is -0.397. The van der Waals surface area contributed by atoms with Gasteiger partial charge < -0.3 is 4.79 Å². The van der Waals surface area contributed by atoms with E-state index in [9.17, 15) is 4.79 Å². The summed E-state index contributed by atoms with van der Waals surface area (Å²) >= 11 is 5.70. The summed E-state index contributed by atoms with van der Waals surface area (Å²) in [6, 6.07) is 7.94. The van der Waals surface area contributed by atoms with E-state index in [2.05, 4.69) is 0 Å². The third-order valence-corrected chi connectivity index (χ3v) is 2.08. The average Bonchev–Trinajstić information content (AvgIpc) is 2.09. The van der Waals surface area contributed by atoms with Gasteiger partial charge in [-0.3, -0.25) is 0 Å². The molecule has 0 bridgehead atoms. The summed E-state index contributed by atoms with van der Waals surface area (Å²) in [6.07, 6.45) is 1.39. The molecule has 0 radical (unpaired) electrons. The third kappa shape index (κ3) is 2.35. The van der Waals surface area contributed by atoms with Gasteiger partial charge >= 0.3 is 0 Å². The molecular weight excluding hydrogens is 172 g/mol. The first-order chi connectivity index (χ1) is 5.74. The maximum Gasteiger partial charge on any atom is 0.138 e. The highest BCUT2D eigenvalue weighted by atomic mass is 35.5. The van der Waals surface area contributed by atoms with Gasteiger partial charge in [0, 0.05) is 0 Å². The van der Waals surface area contributed by atoms with Crippen molar-refractivity contribution in [3.8, 4) is 0 Å². The van der Waals surface area contributed by atoms with Crippen LogP contribution < -0.4 is 0 Å². The van der Waals surface area contributed by atoms with Gasteiger partial charge in [0.2, 0.25) is 0 Å². The Morgan fingerprint density at radius 2 is 2.17 bits per heavy atom. The van der Waals surface area contributed by atoms with E-state index in [1.54, 1.807) is 0 Å². The van der Waals surface area contributed by atoms with Crippen molar-refractivity contribution in [2.75, 3.05) is 0 Å². The molecule has 1 aromatic rings. The van der Waals surface area contributed by atoms with Crippen LogP contribution in [0.5, 0.6) is 0 Å². The topological polar surface area (TPSA) is 17.1 Å². The van der Waals surface area contributed by atoms with Crippen molar-refractivity contribution in [2.24, 2.45) is 0 Å². The van der Waals surface area contributed by atoms with Crippen LogP contribution in [0.15, 0.2) is 24.3 Å². The number of carbonyl (C=O) groups is 1. The molecule has 1 atom stereocenters. The normalized spacial score (nSPS) is 12.5. The van der Waals surface area contributed by atoms with Crippen molar-refractivity contribution >= 4 is 17.9 Å². The summed E-state index contributed by atoms with van der Waals surface area (Å²) in [5.41, 5.74) is 2.33. The van der Waals surface area contributed by atoms with Crippen molar-refractivity contribution in [3.05, 3.63) is 35.4 Å². The maximum atomic E-state index is 10.3. The van der Waals surface area contributed by atoms with Gasteiger partial charge in [-0.2, -0.15) is 0 Å². The summed E-state index contributed by atoms with van der Waals surface area (Å²) in [5, 5.41) is -0.397. The second kappa shape index (κ2) is 4.27. The molecule has 1 nitrogen and oxygen atoms in total. The van der Waals surface area contributed by atoms with Gasteiger partial charge in [-0.1, -0.05) is 24.3 Å². The Morgan fingerprint density at radius 3 is 2.75 bits per heavy atom. The Kier molecular flexibility index (Phi) is 3.30. The predicted molar refractivity (Wildman–Crippen MR) is 50.6 cm³/mol. The molecule has 0 amide bonds. The van der Waals surface area contributed by atoms with Crippen molar-refractivity contribution in [2.45, 2.75) is 18.7 Å². The van der Waals surface area contributed by atoms with Gasteiger partial charge in [0.05, 0.1) is 5.38 Å². The van der Waals surface area contributed by atoms with E-state index in [0.29, 0.717) is 6.42 Å². The average molecular weight is 183 g/mol. The Bertz CT molecular complexity index is 270. The van der Waals surface area contributed by atoms with Crippen molar-refractivity contribution < 1.29 is 4.79 Å². The van der Waals surface area contributed by atoms with Crippen LogP contribution in [-0.2, 0) is 11.2 Å². The molecule has 2 heteroatoms. The fraction of sp³-hybridized carbons (Fsp3) is 0.300. The van der Waals surface area contributed by atoms with Gasteiger partial charge in [0.15, 0.2) is 0 Å². The Labute approximate surface area is 77.4 Å². The number of aldehydes is 1. The Morgan fingerprint density at radius 1 is 1.50 bits per heavy atom. The van der Waals surface area contributed by atoms with Crippen LogP contribution in [0, 0.1) is 6.92 Å². The molecular formula is C10H11ClO. The number of rotatable bonds is 3. The zero-order chi connectivity index (χ0) is 8.97. The molecule has 0 aromatic heterocycles. The fourth-order valence-electron chi connectivity index (χ4n) is 1.10. The first-order valence-electron chi connectivity index (χ1n) is 3.88. The molecule has 1 aromatic carbocycles. The van der Waals surface area contributed by atoms with E-state index >= 15 is 0 Å². The molecule has 0 heterocycles. The number of halogens is 1. The summed E-state index contributed by atoms with van der Waals surface area (Å²) in [6.45, 7) is 2.02. The van der Waals surface area contributed by atoms with Gasteiger partial charge in [0.25, 0.3) is 0 Å². The molecule has 12 heavy (non-hydrogen) atoms. The van der Waals surface area contributed by atoms with Gasteiger partial charge in [-0.25, -0.2) is 0 Å². The molecule has 0 aliphatic rings. The zero-order valence-corrected chi connectivity index (χ0v) is 7.71. The number of hydrogen-bond donors (Lipinski definition) is 0. The van der Waals surface area contributed by atoms with Gasteiger partial charge in [-0.15, -0.1) is 11.6 Å². The molecule has 0 spiro atoms. The summed E-state index contributed by atoms with van der Waals surface area (Å²) in [4.78, 5) is 10.3. The Balaban J connectivity index is 2.75. The second-order valence-electron chi connectivity index (χ2n) is 2.78. The monoisotopic (exact) mass is 182 g/mol. The highest BCUT2D eigenvalue weighted by molar-refractivity contribution is 6.27. The van der Waals surface area contributed by atoms with Crippen LogP contribution in [-0.4, -0.2) is 11.7 Å². The van der Waals surface area contributed by atoms with Crippen molar-refractivity contribution in [1.82, 2.24) is 0 Å². The molecule has 0 fully saturated rings. The number of aryl methyl sites for hydroxylation is 1. The van der Waals surface area contributed by atoms with Gasteiger partial charge in [0.1, 0.15) is 6.29 Å². The predicted octanol–water partition coefficient (Wildman–Crippen LogP) is 2.34. The van der Waals surface area contributed by atoms with Crippen LogP contribution in [0.3, 0.4) is 0 Å². The third-order valence-electron chi connectivity index (χ3n) is 1.82. The summed E-state index contributed by atoms with van der Waals surface area (Å²) < 4.78 is 0. The van der Waals surface area contributed by atoms with E-state index in [0.717, 1.165) is 11.8 Å². The number of hydrogen-bond acceptors (Lipinski definition) is 1. The lowest BCUT2D eigenvalue weighted by Crippen LogP contribution is -2.05. The minimum Gasteiger partial charge on any atom is -0.302 e. The molecule has 0 saturated carbocycles. The van der Waals surface area contributed by atoms with Crippen LogP contribution in [0.1, 0.15) is 11.1 Å². The fourth-order valence-corrected chi connectivity index (χ4v) is 1.26. The first kappa shape index (κ1) is 9.27. The SMILES string of the molecule is Cc1ccccc1CC(Cl)C=O. The highest BCUT2D eigenvalue weighted by Gasteiger charge is 2.04. The molecule has 0 aliphatic carbocycles. The standard InChI is InChI=1S/C10H11ClO/c1-8-4-2-3-5-9(8)6-10(11)7-12/h2-5,7,10H,6H2,1H3. The quantitative estimate of drug-likeness (QED) is 0.518. The van der Waals surface area contributed by atoms with Gasteiger partial charge in [-0.05, 0) is 24.5 Å². The minimum absolute atomic E-state index is 0.397. The zero-order valence-electron chi connectivity index (χ0n) is 6.96. The van der Waals surface area contributed by atoms with E-state index in [1.807, 2.05) is 31.2 Å². The number of alkyl halides is 1. The highest BCUT2D eigenvalue weighted by Crippen LogP contribution is 2.11. The molecule has 0 saturated heterocycles. The molecule has 64 valence electrons. The molecule has 1 unspecified atom stereocenters. The first-order valence-corrected chi connectivity index (χ1v) is 4.31. The number of carbonyl (C=O) groups excluding carboxylic acids is 1. The largest absolute Gasteiger partial charge is 0.302 e. The molecule has 1 rings (SSSR count). The Hall–Kier alpha value is -0.820. The smallest absolute Gasteiger partial charge is 0.138 e. The van der Waals surface area contributed by atoms with Crippen LogP contribution in [0.4, 0.5) is 0 Å². The van der Waals surface area contributed by atoms with E-state index < -0.39 is 5.38 Å². The maximum absolute atomic E-state index is 10.3. The molecule has 0 N–H and O–H groups in total. The molecule has 0 aliphatic heterocycles. The number of benzene rings is 1. The lowest BCUT2D eigenvalue weighted by molar-refractivity contribution is -0.107. The van der Waals surface area contributed by atoms with Crippen molar-refractivity contribution in [1.29, 1.82) is 0 Å². The summed E-state index contributed by atoms with van der Waals surface area (Å²) in [7, 11) is 0. The van der Waals surface area contributed by atoms with E-state index in [4.69, 9.17) is 11.6 Å². The van der Waals surface area contributed by atoms with Crippen LogP contribution in [0.25, 0.3) is 0 Å². The summed E-state index contributed by atoms with van der Waals surface area (Å²) in [5.74, 6) is 0. The van der Waals surface area contributed by atoms with Crippen LogP contribution in [0.2, 0.25) is 0 Å². The lowest BCUT2D eigenvalue weighted by atomic mass is 10.0. The van der Waals surface area contributed by atoms with E-state index in [-0.39, 0.29) is 0 Å². The van der Waals surface area contributed by atoms with Crippen LogP contribution >= 0.6 is 11.6 Å². The van der Waals surface area contributed by atoms with Crippen molar-refractivity contribution in [3.63, 3.8) is 0 Å². The lowest BCUT2D eigenvalue weighted by Gasteiger charge is -2.04. The van der Waals surface area contributed by atoms with E-state index in [1.165, 1.54) is 5.56 Å².